The van der Waals surface area contributed by atoms with Crippen LogP contribution in [0.15, 0.2) is 24.3 Å². The van der Waals surface area contributed by atoms with Gasteiger partial charge in [0.15, 0.2) is 11.5 Å². The third kappa shape index (κ3) is 4.13. The number of ether oxygens (including phenoxy) is 3. The molecule has 5 nitrogen and oxygen atoms in total. The van der Waals surface area contributed by atoms with E-state index in [9.17, 15) is 4.79 Å². The lowest BCUT2D eigenvalue weighted by Crippen LogP contribution is -2.38. The molecular weight excluding hydrogens is 282 g/mol. The zero-order valence-electron chi connectivity index (χ0n) is 13.6. The Kier molecular flexibility index (Phi) is 6.07. The number of piperidine rings is 1. The van der Waals surface area contributed by atoms with Crippen LogP contribution in [-0.2, 0) is 9.53 Å². The topological polar surface area (TPSA) is 48.0 Å². The minimum Gasteiger partial charge on any atom is -0.493 e. The third-order valence-corrected chi connectivity index (χ3v) is 4.32. The maximum atomic E-state index is 12.1. The molecule has 0 amide bonds. The first-order chi connectivity index (χ1) is 10.7. The number of hydrogen-bond donors (Lipinski definition) is 0. The van der Waals surface area contributed by atoms with Crippen LogP contribution >= 0.6 is 0 Å². The monoisotopic (exact) mass is 307 g/mol. The van der Waals surface area contributed by atoms with Crippen molar-refractivity contribution in [1.29, 1.82) is 0 Å². The fraction of sp³-hybridized carbons (Fsp3) is 0.588. The van der Waals surface area contributed by atoms with E-state index >= 15 is 0 Å². The quantitative estimate of drug-likeness (QED) is 0.754. The highest BCUT2D eigenvalue weighted by Crippen LogP contribution is 2.30. The van der Waals surface area contributed by atoms with Crippen LogP contribution in [0, 0.1) is 11.8 Å². The fourth-order valence-corrected chi connectivity index (χ4v) is 2.90. The van der Waals surface area contributed by atoms with Gasteiger partial charge in [-0.3, -0.25) is 4.79 Å². The molecule has 1 atom stereocenters. The van der Waals surface area contributed by atoms with E-state index in [1.165, 1.54) is 7.11 Å². The molecule has 0 bridgehead atoms. The summed E-state index contributed by atoms with van der Waals surface area (Å²) in [5.41, 5.74) is 0. The summed E-state index contributed by atoms with van der Waals surface area (Å²) in [4.78, 5) is 14.4. The van der Waals surface area contributed by atoms with E-state index in [2.05, 4.69) is 11.9 Å². The van der Waals surface area contributed by atoms with Gasteiger partial charge in [-0.15, -0.1) is 0 Å². The van der Waals surface area contributed by atoms with Crippen LogP contribution in [-0.4, -0.2) is 51.8 Å². The van der Waals surface area contributed by atoms with Gasteiger partial charge in [-0.25, -0.2) is 0 Å². The molecule has 1 unspecified atom stereocenters. The first-order valence-electron chi connectivity index (χ1n) is 7.68. The standard InChI is InChI=1S/C17H25NO4/c1-18-10-8-13(9-11-18)14(17(19)21-3)12-22-16-7-5-4-6-15(16)20-2/h4-7,13-14H,8-12H2,1-3H3. The summed E-state index contributed by atoms with van der Waals surface area (Å²) in [6.07, 6.45) is 1.98. The normalized spacial score (nSPS) is 17.8. The number of para-hydroxylation sites is 2. The third-order valence-electron chi connectivity index (χ3n) is 4.32. The lowest BCUT2D eigenvalue weighted by Gasteiger charge is -2.32. The van der Waals surface area contributed by atoms with Gasteiger partial charge in [-0.1, -0.05) is 12.1 Å². The number of esters is 1. The lowest BCUT2D eigenvalue weighted by molar-refractivity contribution is -0.149. The van der Waals surface area contributed by atoms with E-state index in [0.29, 0.717) is 24.0 Å². The molecule has 1 aliphatic rings. The van der Waals surface area contributed by atoms with Crippen molar-refractivity contribution in [1.82, 2.24) is 4.90 Å². The largest absolute Gasteiger partial charge is 0.493 e. The van der Waals surface area contributed by atoms with Crippen molar-refractivity contribution in [3.05, 3.63) is 24.3 Å². The molecule has 0 aromatic heterocycles. The van der Waals surface area contributed by atoms with E-state index < -0.39 is 0 Å². The molecule has 0 N–H and O–H groups in total. The molecule has 1 aromatic rings. The summed E-state index contributed by atoms with van der Waals surface area (Å²) in [5.74, 6) is 1.22. The first kappa shape index (κ1) is 16.6. The van der Waals surface area contributed by atoms with Crippen molar-refractivity contribution in [3.8, 4) is 11.5 Å². The SMILES string of the molecule is COC(=O)C(COc1ccccc1OC)C1CCN(C)CC1. The Morgan fingerprint density at radius 1 is 1.23 bits per heavy atom. The van der Waals surface area contributed by atoms with Gasteiger partial charge in [0.25, 0.3) is 0 Å². The fourth-order valence-electron chi connectivity index (χ4n) is 2.90. The van der Waals surface area contributed by atoms with Gasteiger partial charge in [0.2, 0.25) is 0 Å². The number of benzene rings is 1. The molecule has 2 rings (SSSR count). The maximum Gasteiger partial charge on any atom is 0.312 e. The number of methoxy groups -OCH3 is 2. The van der Waals surface area contributed by atoms with Gasteiger partial charge in [0.05, 0.1) is 20.1 Å². The Bertz CT molecular complexity index is 483. The molecule has 1 aromatic carbocycles. The van der Waals surface area contributed by atoms with Gasteiger partial charge in [-0.2, -0.15) is 0 Å². The van der Waals surface area contributed by atoms with Crippen LogP contribution in [0.5, 0.6) is 11.5 Å². The summed E-state index contributed by atoms with van der Waals surface area (Å²) >= 11 is 0. The number of likely N-dealkylation sites (tertiary alicyclic amines) is 1. The van der Waals surface area contributed by atoms with Crippen molar-refractivity contribution < 1.29 is 19.0 Å². The molecule has 122 valence electrons. The van der Waals surface area contributed by atoms with E-state index in [1.807, 2.05) is 24.3 Å². The summed E-state index contributed by atoms with van der Waals surface area (Å²) in [7, 11) is 5.15. The summed E-state index contributed by atoms with van der Waals surface area (Å²) in [6, 6.07) is 7.47. The van der Waals surface area contributed by atoms with Crippen LogP contribution in [0.3, 0.4) is 0 Å². The van der Waals surface area contributed by atoms with Crippen molar-refractivity contribution in [2.24, 2.45) is 11.8 Å². The average molecular weight is 307 g/mol. The Morgan fingerprint density at radius 3 is 2.45 bits per heavy atom. The number of rotatable bonds is 6. The summed E-state index contributed by atoms with van der Waals surface area (Å²) in [6.45, 7) is 2.33. The molecule has 0 saturated carbocycles. The predicted octanol–water partition coefficient (Wildman–Crippen LogP) is 2.21. The smallest absolute Gasteiger partial charge is 0.312 e. The minimum absolute atomic E-state index is 0.190. The number of hydrogen-bond acceptors (Lipinski definition) is 5. The molecule has 0 aliphatic carbocycles. The average Bonchev–Trinajstić information content (AvgIpc) is 2.56. The summed E-state index contributed by atoms with van der Waals surface area (Å²) < 4.78 is 16.1. The van der Waals surface area contributed by atoms with Crippen molar-refractivity contribution >= 4 is 5.97 Å². The maximum absolute atomic E-state index is 12.1. The Labute approximate surface area is 132 Å². The zero-order chi connectivity index (χ0) is 15.9. The predicted molar refractivity (Wildman–Crippen MR) is 84.2 cm³/mol. The van der Waals surface area contributed by atoms with Gasteiger partial charge in [0, 0.05) is 0 Å². The van der Waals surface area contributed by atoms with Crippen molar-refractivity contribution in [2.45, 2.75) is 12.8 Å². The van der Waals surface area contributed by atoms with Crippen LogP contribution in [0.2, 0.25) is 0 Å². The number of carbonyl (C=O) groups excluding carboxylic acids is 1. The van der Waals surface area contributed by atoms with Gasteiger partial charge < -0.3 is 19.1 Å². The molecule has 1 saturated heterocycles. The molecule has 22 heavy (non-hydrogen) atoms. The lowest BCUT2D eigenvalue weighted by atomic mass is 9.85. The Balaban J connectivity index is 2.02. The molecule has 1 aliphatic heterocycles. The zero-order valence-corrected chi connectivity index (χ0v) is 13.6. The Morgan fingerprint density at radius 2 is 1.86 bits per heavy atom. The molecule has 1 heterocycles. The van der Waals surface area contributed by atoms with E-state index in [-0.39, 0.29) is 11.9 Å². The Hall–Kier alpha value is -1.75. The van der Waals surface area contributed by atoms with Crippen LogP contribution in [0.4, 0.5) is 0 Å². The van der Waals surface area contributed by atoms with E-state index in [1.54, 1.807) is 7.11 Å². The molecule has 5 heteroatoms. The first-order valence-corrected chi connectivity index (χ1v) is 7.68. The van der Waals surface area contributed by atoms with Crippen molar-refractivity contribution in [3.63, 3.8) is 0 Å². The van der Waals surface area contributed by atoms with Gasteiger partial charge in [0.1, 0.15) is 6.61 Å². The molecule has 0 radical (unpaired) electrons. The number of carbonyl (C=O) groups is 1. The van der Waals surface area contributed by atoms with Gasteiger partial charge in [-0.05, 0) is 51.0 Å². The summed E-state index contributed by atoms with van der Waals surface area (Å²) in [5, 5.41) is 0. The van der Waals surface area contributed by atoms with E-state index in [0.717, 1.165) is 25.9 Å². The highest BCUT2D eigenvalue weighted by atomic mass is 16.5. The molecule has 0 spiro atoms. The molecule has 1 fully saturated rings. The van der Waals surface area contributed by atoms with Crippen LogP contribution in [0.1, 0.15) is 12.8 Å². The second kappa shape index (κ2) is 8.03. The second-order valence-electron chi connectivity index (χ2n) is 5.73. The second-order valence-corrected chi connectivity index (χ2v) is 5.73. The highest BCUT2D eigenvalue weighted by molar-refractivity contribution is 5.72. The van der Waals surface area contributed by atoms with Crippen LogP contribution < -0.4 is 9.47 Å². The highest BCUT2D eigenvalue weighted by Gasteiger charge is 2.32. The van der Waals surface area contributed by atoms with Crippen molar-refractivity contribution in [2.75, 3.05) is 41.0 Å². The van der Waals surface area contributed by atoms with Crippen LogP contribution in [0.25, 0.3) is 0 Å². The van der Waals surface area contributed by atoms with Gasteiger partial charge >= 0.3 is 5.97 Å². The number of nitrogens with zero attached hydrogens (tertiary/aromatic N) is 1. The molecular formula is C17H25NO4. The minimum atomic E-state index is -0.233. The van der Waals surface area contributed by atoms with E-state index in [4.69, 9.17) is 14.2 Å².